The molecule has 100 valence electrons. The van der Waals surface area contributed by atoms with Crippen LogP contribution in [0.4, 0.5) is 13.2 Å². The van der Waals surface area contributed by atoms with E-state index in [1.54, 1.807) is 0 Å². The molecule has 0 spiro atoms. The predicted molar refractivity (Wildman–Crippen MR) is 56.4 cm³/mol. The summed E-state index contributed by atoms with van der Waals surface area (Å²) in [6, 6.07) is 0. The van der Waals surface area contributed by atoms with Crippen LogP contribution < -0.4 is 0 Å². The number of hydrogen-bond acceptors (Lipinski definition) is 4. The number of nitrogens with zero attached hydrogens (tertiary/aromatic N) is 2. The minimum Gasteiger partial charge on any atom is -0.411 e. The average molecular weight is 254 g/mol. The van der Waals surface area contributed by atoms with Gasteiger partial charge in [0.25, 0.3) is 0 Å². The molecular weight excluding hydrogens is 237 g/mol. The molecule has 0 radical (unpaired) electrons. The van der Waals surface area contributed by atoms with Gasteiger partial charge in [-0.2, -0.15) is 13.2 Å². The van der Waals surface area contributed by atoms with E-state index in [0.717, 1.165) is 38.2 Å². The van der Waals surface area contributed by atoms with E-state index in [1.165, 1.54) is 0 Å². The van der Waals surface area contributed by atoms with Crippen molar-refractivity contribution in [3.05, 3.63) is 0 Å². The molecule has 1 aliphatic rings. The van der Waals surface area contributed by atoms with Crippen LogP contribution in [0.1, 0.15) is 19.3 Å². The number of halogens is 3. The molecule has 1 heterocycles. The van der Waals surface area contributed by atoms with E-state index < -0.39 is 12.8 Å². The molecule has 1 fully saturated rings. The third-order valence-electron chi connectivity index (χ3n) is 2.60. The maximum Gasteiger partial charge on any atom is 0.411 e. The van der Waals surface area contributed by atoms with Gasteiger partial charge in [-0.15, -0.1) is 0 Å². The number of ether oxygens (including phenoxy) is 1. The SMILES string of the molecule is ON=C1CCN(CCCOCC(F)(F)F)CC1. The van der Waals surface area contributed by atoms with Crippen LogP contribution >= 0.6 is 0 Å². The number of oxime groups is 1. The van der Waals surface area contributed by atoms with Gasteiger partial charge in [-0.3, -0.25) is 0 Å². The lowest BCUT2D eigenvalue weighted by molar-refractivity contribution is -0.174. The minimum atomic E-state index is -4.24. The van der Waals surface area contributed by atoms with E-state index in [2.05, 4.69) is 14.8 Å². The van der Waals surface area contributed by atoms with Gasteiger partial charge in [0.15, 0.2) is 0 Å². The van der Waals surface area contributed by atoms with Crippen LogP contribution in [0.25, 0.3) is 0 Å². The summed E-state index contributed by atoms with van der Waals surface area (Å²) in [5.41, 5.74) is 0.787. The Morgan fingerprint density at radius 3 is 2.47 bits per heavy atom. The van der Waals surface area contributed by atoms with Crippen LogP contribution in [-0.4, -0.2) is 54.8 Å². The van der Waals surface area contributed by atoms with Crippen molar-refractivity contribution < 1.29 is 23.1 Å². The van der Waals surface area contributed by atoms with E-state index in [-0.39, 0.29) is 6.61 Å². The Hall–Kier alpha value is -0.820. The summed E-state index contributed by atoms with van der Waals surface area (Å²) in [6.45, 7) is 1.25. The van der Waals surface area contributed by atoms with Gasteiger partial charge in [-0.25, -0.2) is 0 Å². The van der Waals surface area contributed by atoms with Crippen LogP contribution in [0.15, 0.2) is 5.16 Å². The van der Waals surface area contributed by atoms with Gasteiger partial charge < -0.3 is 14.8 Å². The highest BCUT2D eigenvalue weighted by Gasteiger charge is 2.27. The summed E-state index contributed by atoms with van der Waals surface area (Å²) in [7, 11) is 0. The molecule has 1 saturated heterocycles. The summed E-state index contributed by atoms with van der Waals surface area (Å²) in [6.07, 6.45) is -2.21. The Labute approximate surface area is 98.0 Å². The van der Waals surface area contributed by atoms with E-state index >= 15 is 0 Å². The highest BCUT2D eigenvalue weighted by Crippen LogP contribution is 2.14. The zero-order valence-corrected chi connectivity index (χ0v) is 9.54. The highest BCUT2D eigenvalue weighted by atomic mass is 19.4. The average Bonchev–Trinajstić information content (AvgIpc) is 2.28. The van der Waals surface area contributed by atoms with Crippen molar-refractivity contribution in [2.75, 3.05) is 32.8 Å². The van der Waals surface area contributed by atoms with E-state index in [9.17, 15) is 13.2 Å². The Bertz CT molecular complexity index is 246. The molecule has 4 nitrogen and oxygen atoms in total. The van der Waals surface area contributed by atoms with Gasteiger partial charge in [0.05, 0.1) is 5.71 Å². The molecule has 0 atom stereocenters. The molecule has 0 unspecified atom stereocenters. The topological polar surface area (TPSA) is 45.1 Å². The van der Waals surface area contributed by atoms with Crippen LogP contribution in [-0.2, 0) is 4.74 Å². The molecular formula is C10H17F3N2O2. The molecule has 1 aliphatic heterocycles. The molecule has 0 aromatic rings. The zero-order chi connectivity index (χ0) is 12.7. The molecule has 7 heteroatoms. The molecule has 0 bridgehead atoms. The highest BCUT2D eigenvalue weighted by molar-refractivity contribution is 5.84. The van der Waals surface area contributed by atoms with Gasteiger partial charge in [0.2, 0.25) is 0 Å². The molecule has 0 aromatic carbocycles. The smallest absolute Gasteiger partial charge is 0.411 e. The number of alkyl halides is 3. The maximum atomic E-state index is 11.7. The Morgan fingerprint density at radius 1 is 1.29 bits per heavy atom. The molecule has 0 aromatic heterocycles. The molecule has 17 heavy (non-hydrogen) atoms. The fourth-order valence-electron chi connectivity index (χ4n) is 1.71. The first-order chi connectivity index (χ1) is 8.01. The van der Waals surface area contributed by atoms with Crippen molar-refractivity contribution in [1.29, 1.82) is 0 Å². The second-order valence-corrected chi connectivity index (χ2v) is 4.03. The lowest BCUT2D eigenvalue weighted by atomic mass is 10.1. The van der Waals surface area contributed by atoms with Gasteiger partial charge >= 0.3 is 6.18 Å². The van der Waals surface area contributed by atoms with Crippen LogP contribution in [0.2, 0.25) is 0 Å². The van der Waals surface area contributed by atoms with Crippen molar-refractivity contribution in [1.82, 2.24) is 4.90 Å². The summed E-state index contributed by atoms with van der Waals surface area (Å²) in [5, 5.41) is 11.7. The van der Waals surface area contributed by atoms with Crippen molar-refractivity contribution in [3.8, 4) is 0 Å². The predicted octanol–water partition coefficient (Wildman–Crippen LogP) is 1.88. The lowest BCUT2D eigenvalue weighted by Gasteiger charge is -2.26. The Balaban J connectivity index is 2.01. The van der Waals surface area contributed by atoms with Crippen LogP contribution in [0.3, 0.4) is 0 Å². The van der Waals surface area contributed by atoms with E-state index in [1.807, 2.05) is 0 Å². The second-order valence-electron chi connectivity index (χ2n) is 4.03. The first-order valence-corrected chi connectivity index (χ1v) is 5.58. The standard InChI is InChI=1S/C10H17F3N2O2/c11-10(12,13)8-17-7-1-4-15-5-2-9(14-16)3-6-15/h16H,1-8H2. The quantitative estimate of drug-likeness (QED) is 0.463. The number of likely N-dealkylation sites (tertiary alicyclic amines) is 1. The zero-order valence-electron chi connectivity index (χ0n) is 9.54. The first-order valence-electron chi connectivity index (χ1n) is 5.58. The van der Waals surface area contributed by atoms with Gasteiger partial charge in [0.1, 0.15) is 6.61 Å². The molecule has 1 rings (SSSR count). The van der Waals surface area contributed by atoms with E-state index in [4.69, 9.17) is 5.21 Å². The third kappa shape index (κ3) is 6.48. The summed E-state index contributed by atoms with van der Waals surface area (Å²) in [5.74, 6) is 0. The second kappa shape index (κ2) is 6.80. The Morgan fingerprint density at radius 2 is 1.94 bits per heavy atom. The summed E-state index contributed by atoms with van der Waals surface area (Å²) >= 11 is 0. The Kier molecular flexibility index (Phi) is 5.70. The first kappa shape index (κ1) is 14.2. The third-order valence-corrected chi connectivity index (χ3v) is 2.60. The van der Waals surface area contributed by atoms with Gasteiger partial charge in [-0.1, -0.05) is 5.16 Å². The molecule has 1 N–H and O–H groups in total. The molecule has 0 saturated carbocycles. The van der Waals surface area contributed by atoms with Crippen LogP contribution in [0, 0.1) is 0 Å². The summed E-state index contributed by atoms with van der Waals surface area (Å²) < 4.78 is 39.8. The van der Waals surface area contributed by atoms with Gasteiger partial charge in [0, 0.05) is 39.1 Å². The fraction of sp³-hybridized carbons (Fsp3) is 0.900. The fourth-order valence-corrected chi connectivity index (χ4v) is 1.71. The van der Waals surface area contributed by atoms with Crippen molar-refractivity contribution in [2.45, 2.75) is 25.4 Å². The van der Waals surface area contributed by atoms with Crippen molar-refractivity contribution in [3.63, 3.8) is 0 Å². The largest absolute Gasteiger partial charge is 0.411 e. The number of rotatable bonds is 5. The minimum absolute atomic E-state index is 0.122. The lowest BCUT2D eigenvalue weighted by Crippen LogP contribution is -2.35. The maximum absolute atomic E-state index is 11.7. The van der Waals surface area contributed by atoms with Crippen LogP contribution in [0.5, 0.6) is 0 Å². The van der Waals surface area contributed by atoms with Crippen molar-refractivity contribution in [2.24, 2.45) is 5.16 Å². The number of hydrogen-bond donors (Lipinski definition) is 1. The molecule has 0 aliphatic carbocycles. The molecule has 0 amide bonds. The van der Waals surface area contributed by atoms with E-state index in [0.29, 0.717) is 6.42 Å². The number of piperidine rings is 1. The monoisotopic (exact) mass is 254 g/mol. The van der Waals surface area contributed by atoms with Crippen molar-refractivity contribution >= 4 is 5.71 Å². The van der Waals surface area contributed by atoms with Gasteiger partial charge in [-0.05, 0) is 6.42 Å². The normalized spacial score (nSPS) is 18.4. The summed E-state index contributed by atoms with van der Waals surface area (Å²) in [4.78, 5) is 2.13.